The van der Waals surface area contributed by atoms with Crippen molar-refractivity contribution in [2.45, 2.75) is 87.3 Å². The van der Waals surface area contributed by atoms with Gasteiger partial charge in [0.2, 0.25) is 12.3 Å². The van der Waals surface area contributed by atoms with E-state index in [1.165, 1.54) is 16.9 Å². The Bertz CT molecular complexity index is 813. The first kappa shape index (κ1) is 31.8. The summed E-state index contributed by atoms with van der Waals surface area (Å²) in [6.07, 6.45) is 2.96. The van der Waals surface area contributed by atoms with Crippen LogP contribution in [0.4, 0.5) is 0 Å². The fourth-order valence-corrected chi connectivity index (χ4v) is 3.86. The summed E-state index contributed by atoms with van der Waals surface area (Å²) in [5.41, 5.74) is 5.23. The van der Waals surface area contributed by atoms with Crippen LogP contribution in [0.3, 0.4) is 0 Å². The zero-order valence-electron chi connectivity index (χ0n) is 22.4. The lowest BCUT2D eigenvalue weighted by atomic mass is 9.92. The fourth-order valence-electron chi connectivity index (χ4n) is 3.05. The average Bonchev–Trinajstić information content (AvgIpc) is 3.42. The van der Waals surface area contributed by atoms with Crippen LogP contribution >= 0.6 is 11.3 Å². The summed E-state index contributed by atoms with van der Waals surface area (Å²) in [4.78, 5) is 29.0. The van der Waals surface area contributed by atoms with Crippen LogP contribution in [0.2, 0.25) is 0 Å². The zero-order valence-corrected chi connectivity index (χ0v) is 23.2. The van der Waals surface area contributed by atoms with Crippen LogP contribution in [-0.4, -0.2) is 46.5 Å². The summed E-state index contributed by atoms with van der Waals surface area (Å²) >= 11 is 1.64. The minimum Gasteiger partial charge on any atom is -0.391 e. The number of benzene rings is 1. The van der Waals surface area contributed by atoms with Gasteiger partial charge in [-0.2, -0.15) is 0 Å². The van der Waals surface area contributed by atoms with Crippen LogP contribution in [0.25, 0.3) is 10.4 Å². The van der Waals surface area contributed by atoms with Gasteiger partial charge in [-0.1, -0.05) is 79.2 Å². The van der Waals surface area contributed by atoms with Crippen molar-refractivity contribution >= 4 is 23.7 Å². The van der Waals surface area contributed by atoms with E-state index in [-0.39, 0.29) is 17.4 Å². The van der Waals surface area contributed by atoms with E-state index in [2.05, 4.69) is 57.1 Å². The number of aliphatic hydroxyl groups excluding tert-OH is 1. The Morgan fingerprint density at radius 1 is 1.24 bits per heavy atom. The van der Waals surface area contributed by atoms with Gasteiger partial charge in [-0.15, -0.1) is 11.3 Å². The lowest BCUT2D eigenvalue weighted by Crippen LogP contribution is -2.32. The summed E-state index contributed by atoms with van der Waals surface area (Å²) in [7, 11) is 0. The van der Waals surface area contributed by atoms with E-state index in [0.29, 0.717) is 25.9 Å². The van der Waals surface area contributed by atoms with E-state index in [1.54, 1.807) is 16.2 Å². The van der Waals surface area contributed by atoms with Crippen molar-refractivity contribution in [2.75, 3.05) is 13.1 Å². The number of aryl methyl sites for hydroxylation is 1. The molecule has 2 amide bonds. The van der Waals surface area contributed by atoms with E-state index in [4.69, 9.17) is 0 Å². The summed E-state index contributed by atoms with van der Waals surface area (Å²) < 4.78 is 0. The highest BCUT2D eigenvalue weighted by molar-refractivity contribution is 7.13. The molecule has 1 fully saturated rings. The van der Waals surface area contributed by atoms with Crippen molar-refractivity contribution in [2.24, 2.45) is 5.41 Å². The first-order chi connectivity index (χ1) is 16.1. The Morgan fingerprint density at radius 3 is 2.24 bits per heavy atom. The van der Waals surface area contributed by atoms with Gasteiger partial charge in [-0.05, 0) is 29.9 Å². The number of aromatic nitrogens is 1. The molecule has 2 heterocycles. The fraction of sp³-hybridized carbons (Fsp3) is 0.593. The van der Waals surface area contributed by atoms with Gasteiger partial charge in [-0.3, -0.25) is 9.59 Å². The molecule has 0 saturated carbocycles. The van der Waals surface area contributed by atoms with E-state index in [1.807, 2.05) is 38.4 Å². The van der Waals surface area contributed by atoms with E-state index in [9.17, 15) is 14.7 Å². The zero-order chi connectivity index (χ0) is 26.1. The molecule has 1 atom stereocenters. The van der Waals surface area contributed by atoms with Crippen LogP contribution in [0.5, 0.6) is 0 Å². The lowest BCUT2D eigenvalue weighted by molar-refractivity contribution is -0.132. The first-order valence-electron chi connectivity index (χ1n) is 12.2. The second-order valence-electron chi connectivity index (χ2n) is 9.19. The molecule has 1 unspecified atom stereocenters. The maximum Gasteiger partial charge on any atom is 0.223 e. The molecule has 0 spiro atoms. The average molecular weight is 492 g/mol. The van der Waals surface area contributed by atoms with Gasteiger partial charge < -0.3 is 15.3 Å². The van der Waals surface area contributed by atoms with Crippen molar-refractivity contribution < 1.29 is 14.7 Å². The maximum absolute atomic E-state index is 11.6. The number of hydrogen-bond donors (Lipinski definition) is 2. The number of rotatable bonds is 5. The molecule has 0 aliphatic carbocycles. The third-order valence-corrected chi connectivity index (χ3v) is 5.53. The molecular formula is C27H45N3O3S. The molecule has 3 rings (SSSR count). The van der Waals surface area contributed by atoms with Crippen molar-refractivity contribution in [3.63, 3.8) is 0 Å². The monoisotopic (exact) mass is 491 g/mol. The van der Waals surface area contributed by atoms with Crippen LogP contribution in [0.15, 0.2) is 29.8 Å². The molecule has 192 valence electrons. The van der Waals surface area contributed by atoms with Gasteiger partial charge in [0.1, 0.15) is 0 Å². The SMILES string of the molecule is CC.CC(C)(C)CC(=O)N1CCC(O)C1.CCC.Cc1ncsc1-c1ccc(CNC=O)cc1. The number of likely N-dealkylation sites (tertiary alicyclic amines) is 1. The quantitative estimate of drug-likeness (QED) is 0.516. The lowest BCUT2D eigenvalue weighted by Gasteiger charge is -2.22. The third kappa shape index (κ3) is 12.8. The number of carbonyl (C=O) groups is 2. The van der Waals surface area contributed by atoms with Crippen LogP contribution in [-0.2, 0) is 16.1 Å². The summed E-state index contributed by atoms with van der Waals surface area (Å²) in [5.74, 6) is 0.170. The van der Waals surface area contributed by atoms with Crippen LogP contribution in [0.1, 0.15) is 79.0 Å². The number of carbonyl (C=O) groups excluding carboxylic acids is 2. The second kappa shape index (κ2) is 17.2. The van der Waals surface area contributed by atoms with Gasteiger partial charge in [0, 0.05) is 26.1 Å². The molecule has 1 aliphatic rings. The Hall–Kier alpha value is -2.25. The normalized spacial score (nSPS) is 14.5. The Kier molecular flexibility index (Phi) is 16.1. The smallest absolute Gasteiger partial charge is 0.223 e. The van der Waals surface area contributed by atoms with Gasteiger partial charge in [0.25, 0.3) is 0 Å². The minimum absolute atomic E-state index is 0.0463. The molecular weight excluding hydrogens is 446 g/mol. The topological polar surface area (TPSA) is 82.5 Å². The van der Waals surface area contributed by atoms with Crippen LogP contribution < -0.4 is 5.32 Å². The Labute approximate surface area is 210 Å². The molecule has 1 aliphatic heterocycles. The van der Waals surface area contributed by atoms with Gasteiger partial charge in [-0.25, -0.2) is 4.98 Å². The number of nitrogens with zero attached hydrogens (tertiary/aromatic N) is 2. The van der Waals surface area contributed by atoms with Crippen LogP contribution in [0, 0.1) is 12.3 Å². The number of nitrogens with one attached hydrogen (secondary N) is 1. The van der Waals surface area contributed by atoms with E-state index >= 15 is 0 Å². The second-order valence-corrected chi connectivity index (χ2v) is 10.0. The first-order valence-corrected chi connectivity index (χ1v) is 13.1. The molecule has 2 aromatic rings. The van der Waals surface area contributed by atoms with E-state index in [0.717, 1.165) is 24.2 Å². The number of β-amino-alcohol motifs (C(OH)–C–C–N with tert-alkyl or cyclic N) is 1. The minimum atomic E-state index is -0.302. The molecule has 0 bridgehead atoms. The van der Waals surface area contributed by atoms with Crippen molar-refractivity contribution in [3.05, 3.63) is 41.0 Å². The highest BCUT2D eigenvalue weighted by Gasteiger charge is 2.27. The highest BCUT2D eigenvalue weighted by Crippen LogP contribution is 2.27. The summed E-state index contributed by atoms with van der Waals surface area (Å²) in [6, 6.07) is 8.15. The molecule has 1 aromatic carbocycles. The number of hydrogen-bond acceptors (Lipinski definition) is 5. The van der Waals surface area contributed by atoms with Gasteiger partial charge in [0.15, 0.2) is 0 Å². The predicted octanol–water partition coefficient (Wildman–Crippen LogP) is 5.82. The predicted molar refractivity (Wildman–Crippen MR) is 144 cm³/mol. The number of aliphatic hydroxyl groups is 1. The summed E-state index contributed by atoms with van der Waals surface area (Å²) in [6.45, 7) is 18.2. The largest absolute Gasteiger partial charge is 0.391 e. The summed E-state index contributed by atoms with van der Waals surface area (Å²) in [5, 5.41) is 11.9. The Balaban J connectivity index is 0.000000548. The van der Waals surface area contributed by atoms with Gasteiger partial charge in [0.05, 0.1) is 22.2 Å². The molecule has 1 saturated heterocycles. The maximum atomic E-state index is 11.6. The number of thiazole rings is 1. The molecule has 7 heteroatoms. The van der Waals surface area contributed by atoms with Gasteiger partial charge >= 0.3 is 0 Å². The van der Waals surface area contributed by atoms with E-state index < -0.39 is 0 Å². The molecule has 0 radical (unpaired) electrons. The van der Waals surface area contributed by atoms with Crippen molar-refractivity contribution in [3.8, 4) is 10.4 Å². The third-order valence-electron chi connectivity index (χ3n) is 4.55. The highest BCUT2D eigenvalue weighted by atomic mass is 32.1. The standard InChI is InChI=1S/C12H12N2OS.C10H19NO2.C3H8.C2H6/c1-9-12(16-8-14-9)11-4-2-10(3-5-11)6-13-7-15;1-10(2,3)6-9(13)11-5-4-8(12)7-11;1-3-2;1-2/h2-5,7-8H,6H2,1H3,(H,13,15);8,12H,4-7H2,1-3H3;3H2,1-2H3;1-2H3. The van der Waals surface area contributed by atoms with Crippen molar-refractivity contribution in [1.29, 1.82) is 0 Å². The molecule has 1 aromatic heterocycles. The van der Waals surface area contributed by atoms with Crippen molar-refractivity contribution in [1.82, 2.24) is 15.2 Å². The Morgan fingerprint density at radius 2 is 1.82 bits per heavy atom. The molecule has 34 heavy (non-hydrogen) atoms. The molecule has 2 N–H and O–H groups in total. The number of amides is 2. The molecule has 6 nitrogen and oxygen atoms in total.